The number of nitrogens with zero attached hydrogens (tertiary/aromatic N) is 1. The van der Waals surface area contributed by atoms with Gasteiger partial charge in [0.25, 0.3) is 0 Å². The molecule has 2 fully saturated rings. The molecule has 0 bridgehead atoms. The SMILES string of the molecule is Cc1ccccc1[C@@H]1OC2(C(=O)c3ccccc3C2=O)[C@H]2C(=O)N(c3ccc(Br)cc3)C(=O)[C@@H]12. The van der Waals surface area contributed by atoms with E-state index in [1.165, 1.54) is 0 Å². The van der Waals surface area contributed by atoms with Crippen molar-refractivity contribution in [3.05, 3.63) is 99.5 Å². The van der Waals surface area contributed by atoms with Crippen LogP contribution in [0.25, 0.3) is 0 Å². The van der Waals surface area contributed by atoms with Crippen LogP contribution in [0.15, 0.2) is 77.3 Å². The van der Waals surface area contributed by atoms with Crippen LogP contribution >= 0.6 is 15.9 Å². The lowest BCUT2D eigenvalue weighted by Gasteiger charge is -2.27. The molecule has 0 unspecified atom stereocenters. The Labute approximate surface area is 203 Å². The Morgan fingerprint density at radius 2 is 1.38 bits per heavy atom. The Morgan fingerprint density at radius 3 is 2.00 bits per heavy atom. The van der Waals surface area contributed by atoms with Crippen LogP contribution in [0.4, 0.5) is 5.69 Å². The fourth-order valence-electron chi connectivity index (χ4n) is 5.55. The molecular formula is C27H18BrNO5. The summed E-state index contributed by atoms with van der Waals surface area (Å²) in [4.78, 5) is 56.2. The fourth-order valence-corrected chi connectivity index (χ4v) is 5.81. The van der Waals surface area contributed by atoms with E-state index < -0.39 is 46.9 Å². The van der Waals surface area contributed by atoms with Gasteiger partial charge in [-0.25, -0.2) is 4.90 Å². The highest BCUT2D eigenvalue weighted by Gasteiger charge is 2.74. The van der Waals surface area contributed by atoms with Crippen LogP contribution in [0, 0.1) is 18.8 Å². The second-order valence-corrected chi connectivity index (χ2v) is 9.74. The lowest BCUT2D eigenvalue weighted by atomic mass is 9.77. The number of ether oxygens (including phenoxy) is 1. The first-order chi connectivity index (χ1) is 16.4. The number of amides is 2. The Bertz CT molecular complexity index is 1380. The van der Waals surface area contributed by atoms with Gasteiger partial charge in [0.2, 0.25) is 29.0 Å². The monoisotopic (exact) mass is 515 g/mol. The van der Waals surface area contributed by atoms with Gasteiger partial charge in [0.05, 0.1) is 23.6 Å². The van der Waals surface area contributed by atoms with Crippen molar-refractivity contribution in [2.75, 3.05) is 4.90 Å². The molecule has 2 saturated heterocycles. The van der Waals surface area contributed by atoms with Crippen molar-refractivity contribution in [2.24, 2.45) is 11.8 Å². The summed E-state index contributed by atoms with van der Waals surface area (Å²) in [5, 5.41) is 0. The molecule has 168 valence electrons. The average molecular weight is 516 g/mol. The summed E-state index contributed by atoms with van der Waals surface area (Å²) in [7, 11) is 0. The number of ketones is 2. The number of hydrogen-bond acceptors (Lipinski definition) is 5. The van der Waals surface area contributed by atoms with Gasteiger partial charge in [-0.3, -0.25) is 19.2 Å². The Balaban J connectivity index is 1.56. The third-order valence-corrected chi connectivity index (χ3v) is 7.63. The Hall–Kier alpha value is -3.42. The van der Waals surface area contributed by atoms with E-state index in [1.54, 1.807) is 48.5 Å². The van der Waals surface area contributed by atoms with E-state index in [0.29, 0.717) is 11.3 Å². The number of carbonyl (C=O) groups is 4. The van der Waals surface area contributed by atoms with Gasteiger partial charge in [0.1, 0.15) is 0 Å². The number of fused-ring (bicyclic) bond motifs is 3. The van der Waals surface area contributed by atoms with Crippen LogP contribution in [0.2, 0.25) is 0 Å². The largest absolute Gasteiger partial charge is 0.349 e. The van der Waals surface area contributed by atoms with E-state index in [0.717, 1.165) is 14.9 Å². The maximum Gasteiger partial charge on any atom is 0.241 e. The third-order valence-electron chi connectivity index (χ3n) is 7.10. The van der Waals surface area contributed by atoms with Crippen molar-refractivity contribution in [1.82, 2.24) is 0 Å². The maximum atomic E-state index is 13.9. The zero-order chi connectivity index (χ0) is 23.8. The molecule has 0 aromatic heterocycles. The summed E-state index contributed by atoms with van der Waals surface area (Å²) in [6.07, 6.45) is -0.912. The number of rotatable bonds is 2. The van der Waals surface area contributed by atoms with Gasteiger partial charge < -0.3 is 4.74 Å². The number of anilines is 1. The standard InChI is InChI=1S/C27H18BrNO5/c1-14-6-2-3-7-17(14)22-20-21(26(33)29(25(20)32)16-12-10-15(28)11-13-16)27(34-22)23(30)18-8-4-5-9-19(18)24(27)31/h2-13,20-22H,1H3/t20-,21-,22+/m1/s1. The van der Waals surface area contributed by atoms with Gasteiger partial charge in [-0.05, 0) is 42.3 Å². The summed E-state index contributed by atoms with van der Waals surface area (Å²) in [5.41, 5.74) is 0.309. The molecule has 7 heteroatoms. The fraction of sp³-hybridized carbons (Fsp3) is 0.185. The second-order valence-electron chi connectivity index (χ2n) is 8.83. The van der Waals surface area contributed by atoms with Gasteiger partial charge in [-0.15, -0.1) is 0 Å². The van der Waals surface area contributed by atoms with Crippen LogP contribution < -0.4 is 4.90 Å². The molecule has 2 amide bonds. The van der Waals surface area contributed by atoms with E-state index in [9.17, 15) is 19.2 Å². The molecule has 0 radical (unpaired) electrons. The van der Waals surface area contributed by atoms with Gasteiger partial charge in [-0.1, -0.05) is 64.5 Å². The lowest BCUT2D eigenvalue weighted by molar-refractivity contribution is -0.127. The predicted octanol–water partition coefficient (Wildman–Crippen LogP) is 4.45. The zero-order valence-electron chi connectivity index (χ0n) is 18.0. The molecule has 1 aliphatic carbocycles. The molecule has 3 atom stereocenters. The van der Waals surface area contributed by atoms with Crippen LogP contribution in [0.1, 0.15) is 37.9 Å². The maximum absolute atomic E-state index is 13.9. The number of carbonyl (C=O) groups excluding carboxylic acids is 4. The van der Waals surface area contributed by atoms with Crippen LogP contribution in [-0.2, 0) is 14.3 Å². The van der Waals surface area contributed by atoms with E-state index in [4.69, 9.17) is 4.74 Å². The van der Waals surface area contributed by atoms with Crippen molar-refractivity contribution >= 4 is 45.0 Å². The first-order valence-electron chi connectivity index (χ1n) is 10.9. The number of benzene rings is 3. The smallest absolute Gasteiger partial charge is 0.241 e. The number of Topliss-reactive ketones (excluding diaryl/α,β-unsaturated/α-hetero) is 2. The summed E-state index contributed by atoms with van der Waals surface area (Å²) in [6, 6.07) is 20.6. The molecular weight excluding hydrogens is 498 g/mol. The van der Waals surface area contributed by atoms with Crippen molar-refractivity contribution in [2.45, 2.75) is 18.6 Å². The Morgan fingerprint density at radius 1 is 0.794 bits per heavy atom. The van der Waals surface area contributed by atoms with E-state index in [-0.39, 0.29) is 11.1 Å². The second kappa shape index (κ2) is 7.29. The first-order valence-corrected chi connectivity index (χ1v) is 11.7. The Kier molecular flexibility index (Phi) is 4.53. The van der Waals surface area contributed by atoms with Crippen LogP contribution in [-0.4, -0.2) is 29.0 Å². The number of aryl methyl sites for hydroxylation is 1. The minimum Gasteiger partial charge on any atom is -0.349 e. The zero-order valence-corrected chi connectivity index (χ0v) is 19.6. The molecule has 3 aromatic carbocycles. The van der Waals surface area contributed by atoms with Gasteiger partial charge in [0.15, 0.2) is 0 Å². The summed E-state index contributed by atoms with van der Waals surface area (Å²) < 4.78 is 7.12. The molecule has 3 aromatic rings. The quantitative estimate of drug-likeness (QED) is 0.372. The molecule has 34 heavy (non-hydrogen) atoms. The number of hydrogen-bond donors (Lipinski definition) is 0. The van der Waals surface area contributed by atoms with Gasteiger partial charge >= 0.3 is 0 Å². The first kappa shape index (κ1) is 21.1. The summed E-state index contributed by atoms with van der Waals surface area (Å²) in [6.45, 7) is 1.87. The molecule has 0 N–H and O–H groups in total. The normalized spacial score (nSPS) is 24.8. The third kappa shape index (κ3) is 2.59. The van der Waals surface area contributed by atoms with Crippen molar-refractivity contribution in [3.8, 4) is 0 Å². The highest BCUT2D eigenvalue weighted by Crippen LogP contribution is 2.58. The van der Waals surface area contributed by atoms with Crippen molar-refractivity contribution in [3.63, 3.8) is 0 Å². The lowest BCUT2D eigenvalue weighted by Crippen LogP contribution is -2.51. The molecule has 2 heterocycles. The van der Waals surface area contributed by atoms with E-state index >= 15 is 0 Å². The molecule has 6 rings (SSSR count). The minimum absolute atomic E-state index is 0.221. The van der Waals surface area contributed by atoms with E-state index in [1.807, 2.05) is 31.2 Å². The summed E-state index contributed by atoms with van der Waals surface area (Å²) >= 11 is 3.36. The number of imide groups is 1. The summed E-state index contributed by atoms with van der Waals surface area (Å²) in [5.74, 6) is -4.43. The highest BCUT2D eigenvalue weighted by atomic mass is 79.9. The predicted molar refractivity (Wildman–Crippen MR) is 126 cm³/mol. The topological polar surface area (TPSA) is 80.8 Å². The molecule has 2 aliphatic heterocycles. The van der Waals surface area contributed by atoms with Crippen molar-refractivity contribution < 1.29 is 23.9 Å². The number of halogens is 1. The average Bonchev–Trinajstić information content (AvgIpc) is 3.40. The van der Waals surface area contributed by atoms with Gasteiger partial charge in [0, 0.05) is 15.6 Å². The van der Waals surface area contributed by atoms with Gasteiger partial charge in [-0.2, -0.15) is 0 Å². The van der Waals surface area contributed by atoms with E-state index in [2.05, 4.69) is 15.9 Å². The molecule has 3 aliphatic rings. The minimum atomic E-state index is -2.06. The molecule has 0 saturated carbocycles. The van der Waals surface area contributed by atoms with Crippen LogP contribution in [0.5, 0.6) is 0 Å². The van der Waals surface area contributed by atoms with Crippen molar-refractivity contribution in [1.29, 1.82) is 0 Å². The molecule has 6 nitrogen and oxygen atoms in total. The van der Waals surface area contributed by atoms with Crippen LogP contribution in [0.3, 0.4) is 0 Å². The molecule has 1 spiro atoms. The highest BCUT2D eigenvalue weighted by molar-refractivity contribution is 9.10.